The number of carbonyl (C=O) groups excluding carboxylic acids is 1. The molecule has 1 aliphatic rings. The molecule has 122 valence electrons. The number of hydrogen-bond donors (Lipinski definition) is 2. The average molecular weight is 303 g/mol. The standard InChI is InChI=1S/C19H29NO2/c1-14-9-11-16(12-10-14)17(15-7-5-4-6-8-15)18(21)20-13-19(2,3)22/h9-12,15,17,22H,4-8,13H2,1-3H3,(H,20,21). The van der Waals surface area contributed by atoms with Crippen molar-refractivity contribution in [3.05, 3.63) is 35.4 Å². The first-order valence-corrected chi connectivity index (χ1v) is 8.43. The fourth-order valence-corrected chi connectivity index (χ4v) is 3.29. The molecule has 3 nitrogen and oxygen atoms in total. The van der Waals surface area contributed by atoms with Crippen molar-refractivity contribution in [1.82, 2.24) is 5.32 Å². The van der Waals surface area contributed by atoms with E-state index < -0.39 is 5.60 Å². The molecular formula is C19H29NO2. The summed E-state index contributed by atoms with van der Waals surface area (Å²) in [5, 5.41) is 12.8. The Hall–Kier alpha value is -1.35. The Morgan fingerprint density at radius 2 is 1.82 bits per heavy atom. The van der Waals surface area contributed by atoms with Crippen LogP contribution in [0.2, 0.25) is 0 Å². The molecular weight excluding hydrogens is 274 g/mol. The molecule has 1 aromatic carbocycles. The van der Waals surface area contributed by atoms with Crippen molar-refractivity contribution in [2.24, 2.45) is 5.92 Å². The van der Waals surface area contributed by atoms with Crippen molar-refractivity contribution in [2.75, 3.05) is 6.54 Å². The van der Waals surface area contributed by atoms with Gasteiger partial charge >= 0.3 is 0 Å². The first-order chi connectivity index (χ1) is 10.4. The maximum absolute atomic E-state index is 12.8. The van der Waals surface area contributed by atoms with Crippen molar-refractivity contribution >= 4 is 5.91 Å². The van der Waals surface area contributed by atoms with Gasteiger partial charge in [0.2, 0.25) is 5.91 Å². The second-order valence-corrected chi connectivity index (χ2v) is 7.32. The summed E-state index contributed by atoms with van der Waals surface area (Å²) >= 11 is 0. The molecule has 1 saturated carbocycles. The largest absolute Gasteiger partial charge is 0.389 e. The molecule has 1 unspecified atom stereocenters. The molecule has 0 aliphatic heterocycles. The van der Waals surface area contributed by atoms with Crippen LogP contribution in [-0.2, 0) is 4.79 Å². The molecule has 1 aromatic rings. The number of rotatable bonds is 5. The van der Waals surface area contributed by atoms with Crippen LogP contribution < -0.4 is 5.32 Å². The lowest BCUT2D eigenvalue weighted by Gasteiger charge is -2.30. The maximum atomic E-state index is 12.8. The fraction of sp³-hybridized carbons (Fsp3) is 0.632. The lowest BCUT2D eigenvalue weighted by Crippen LogP contribution is -2.42. The summed E-state index contributed by atoms with van der Waals surface area (Å²) in [7, 11) is 0. The van der Waals surface area contributed by atoms with Crippen molar-refractivity contribution in [3.8, 4) is 0 Å². The smallest absolute Gasteiger partial charge is 0.227 e. The molecule has 2 N–H and O–H groups in total. The summed E-state index contributed by atoms with van der Waals surface area (Å²) in [5.74, 6) is 0.374. The lowest BCUT2D eigenvalue weighted by atomic mass is 9.76. The number of hydrogen-bond acceptors (Lipinski definition) is 2. The summed E-state index contributed by atoms with van der Waals surface area (Å²) in [5.41, 5.74) is 1.44. The Labute approximate surface area is 134 Å². The number of carbonyl (C=O) groups is 1. The number of aliphatic hydroxyl groups is 1. The Morgan fingerprint density at radius 1 is 1.23 bits per heavy atom. The maximum Gasteiger partial charge on any atom is 0.227 e. The molecule has 0 aromatic heterocycles. The second-order valence-electron chi connectivity index (χ2n) is 7.32. The van der Waals surface area contributed by atoms with Crippen molar-refractivity contribution in [1.29, 1.82) is 0 Å². The van der Waals surface area contributed by atoms with Gasteiger partial charge in [-0.1, -0.05) is 49.1 Å². The number of amides is 1. The van der Waals surface area contributed by atoms with Crippen molar-refractivity contribution in [2.45, 2.75) is 64.4 Å². The average Bonchev–Trinajstić information content (AvgIpc) is 2.48. The molecule has 22 heavy (non-hydrogen) atoms. The Kier molecular flexibility index (Phi) is 5.63. The lowest BCUT2D eigenvalue weighted by molar-refractivity contribution is -0.125. The Morgan fingerprint density at radius 3 is 2.36 bits per heavy atom. The highest BCUT2D eigenvalue weighted by molar-refractivity contribution is 5.84. The quantitative estimate of drug-likeness (QED) is 0.874. The van der Waals surface area contributed by atoms with Crippen LogP contribution in [0.15, 0.2) is 24.3 Å². The normalized spacial score (nSPS) is 18.0. The van der Waals surface area contributed by atoms with E-state index in [0.717, 1.165) is 18.4 Å². The van der Waals surface area contributed by atoms with Crippen molar-refractivity contribution < 1.29 is 9.90 Å². The molecule has 0 radical (unpaired) electrons. The van der Waals surface area contributed by atoms with Gasteiger partial charge in [0.15, 0.2) is 0 Å². The van der Waals surface area contributed by atoms with E-state index in [1.54, 1.807) is 13.8 Å². The molecule has 0 spiro atoms. The first-order valence-electron chi connectivity index (χ1n) is 8.43. The first kappa shape index (κ1) is 17.0. The van der Waals surface area contributed by atoms with E-state index in [-0.39, 0.29) is 11.8 Å². The minimum atomic E-state index is -0.875. The van der Waals surface area contributed by atoms with E-state index in [2.05, 4.69) is 36.5 Å². The summed E-state index contributed by atoms with van der Waals surface area (Å²) in [6.07, 6.45) is 5.95. The predicted molar refractivity (Wildman–Crippen MR) is 89.8 cm³/mol. The Balaban J connectivity index is 2.17. The third kappa shape index (κ3) is 4.84. The summed E-state index contributed by atoms with van der Waals surface area (Å²) < 4.78 is 0. The highest BCUT2D eigenvalue weighted by Gasteiger charge is 2.31. The zero-order chi connectivity index (χ0) is 16.2. The SMILES string of the molecule is Cc1ccc(C(C(=O)NCC(C)(C)O)C2CCCCC2)cc1. The van der Waals surface area contributed by atoms with Gasteiger partial charge in [0.05, 0.1) is 11.5 Å². The number of nitrogens with one attached hydrogen (secondary N) is 1. The van der Waals surface area contributed by atoms with E-state index in [1.807, 2.05) is 0 Å². The van der Waals surface area contributed by atoms with Gasteiger partial charge in [0, 0.05) is 6.54 Å². The third-order valence-corrected chi connectivity index (χ3v) is 4.54. The highest BCUT2D eigenvalue weighted by atomic mass is 16.3. The summed E-state index contributed by atoms with van der Waals surface area (Å²) in [6.45, 7) is 5.79. The summed E-state index contributed by atoms with van der Waals surface area (Å²) in [4.78, 5) is 12.8. The monoisotopic (exact) mass is 303 g/mol. The molecule has 1 atom stereocenters. The van der Waals surface area contributed by atoms with Crippen LogP contribution in [0.3, 0.4) is 0 Å². The number of aryl methyl sites for hydroxylation is 1. The molecule has 3 heteroatoms. The highest BCUT2D eigenvalue weighted by Crippen LogP contribution is 2.36. The topological polar surface area (TPSA) is 49.3 Å². The van der Waals surface area contributed by atoms with E-state index in [4.69, 9.17) is 0 Å². The van der Waals surface area contributed by atoms with E-state index in [0.29, 0.717) is 12.5 Å². The van der Waals surface area contributed by atoms with Gasteiger partial charge in [0.25, 0.3) is 0 Å². The molecule has 1 fully saturated rings. The van der Waals surface area contributed by atoms with Gasteiger partial charge < -0.3 is 10.4 Å². The van der Waals surface area contributed by atoms with Gasteiger partial charge in [-0.05, 0) is 45.1 Å². The zero-order valence-electron chi connectivity index (χ0n) is 14.1. The van der Waals surface area contributed by atoms with Crippen molar-refractivity contribution in [3.63, 3.8) is 0 Å². The number of benzene rings is 1. The molecule has 0 bridgehead atoms. The van der Waals surface area contributed by atoms with Crippen LogP contribution in [-0.4, -0.2) is 23.2 Å². The van der Waals surface area contributed by atoms with Crippen LogP contribution in [0, 0.1) is 12.8 Å². The second kappa shape index (κ2) is 7.28. The zero-order valence-corrected chi connectivity index (χ0v) is 14.1. The molecule has 2 rings (SSSR count). The minimum absolute atomic E-state index is 0.0536. The van der Waals surface area contributed by atoms with Crippen LogP contribution in [0.4, 0.5) is 0 Å². The van der Waals surface area contributed by atoms with Crippen LogP contribution in [0.25, 0.3) is 0 Å². The van der Waals surface area contributed by atoms with E-state index in [9.17, 15) is 9.90 Å². The van der Waals surface area contributed by atoms with Gasteiger partial charge in [-0.15, -0.1) is 0 Å². The van der Waals surface area contributed by atoms with Crippen LogP contribution in [0.1, 0.15) is 63.0 Å². The third-order valence-electron chi connectivity index (χ3n) is 4.54. The predicted octanol–water partition coefficient (Wildman–Crippen LogP) is 3.55. The fourth-order valence-electron chi connectivity index (χ4n) is 3.29. The van der Waals surface area contributed by atoms with E-state index in [1.165, 1.54) is 24.8 Å². The molecule has 0 saturated heterocycles. The van der Waals surface area contributed by atoms with Crippen LogP contribution >= 0.6 is 0 Å². The van der Waals surface area contributed by atoms with Gasteiger partial charge in [-0.3, -0.25) is 4.79 Å². The Bertz CT molecular complexity index is 481. The minimum Gasteiger partial charge on any atom is -0.389 e. The molecule has 1 aliphatic carbocycles. The summed E-state index contributed by atoms with van der Waals surface area (Å²) in [6, 6.07) is 8.32. The molecule has 0 heterocycles. The molecule has 1 amide bonds. The van der Waals surface area contributed by atoms with Gasteiger partial charge in [-0.25, -0.2) is 0 Å². The van der Waals surface area contributed by atoms with Crippen LogP contribution in [0.5, 0.6) is 0 Å². The van der Waals surface area contributed by atoms with Gasteiger partial charge in [-0.2, -0.15) is 0 Å². The van der Waals surface area contributed by atoms with E-state index >= 15 is 0 Å². The van der Waals surface area contributed by atoms with Gasteiger partial charge in [0.1, 0.15) is 0 Å².